The average molecular weight is 391 g/mol. The van der Waals surface area contributed by atoms with Gasteiger partial charge in [0.05, 0.1) is 20.4 Å². The summed E-state index contributed by atoms with van der Waals surface area (Å²) in [6.45, 7) is 6.12. The van der Waals surface area contributed by atoms with Crippen molar-refractivity contribution in [2.75, 3.05) is 55.4 Å². The summed E-state index contributed by atoms with van der Waals surface area (Å²) < 4.78 is 12.0. The molecule has 2 atom stereocenters. The van der Waals surface area contributed by atoms with Crippen LogP contribution in [0.1, 0.15) is 12.8 Å². The van der Waals surface area contributed by atoms with E-state index in [1.165, 1.54) is 0 Å². The Kier molecular flexibility index (Phi) is 13.3. The van der Waals surface area contributed by atoms with E-state index in [-0.39, 0.29) is 0 Å². The van der Waals surface area contributed by atoms with Gasteiger partial charge < -0.3 is 14.1 Å². The van der Waals surface area contributed by atoms with Crippen molar-refractivity contribution >= 4 is 30.8 Å². The quantitative estimate of drug-likeness (QED) is 0.0860. The number of hydrogen-bond acceptors (Lipinski definition) is 5. The Bertz CT molecular complexity index is 393. The van der Waals surface area contributed by atoms with Crippen LogP contribution in [0.5, 0.6) is 0 Å². The molecular weight excluding hydrogens is 350 g/mol. The highest BCUT2D eigenvalue weighted by molar-refractivity contribution is 6.53. The molecule has 0 saturated heterocycles. The number of aliphatic imine (C=N–C) groups is 2. The maximum absolute atomic E-state index is 5.67. The maximum atomic E-state index is 5.67. The van der Waals surface area contributed by atoms with Crippen LogP contribution in [-0.4, -0.2) is 101 Å². The monoisotopic (exact) mass is 390 g/mol. The Morgan fingerprint density at radius 1 is 0.880 bits per heavy atom. The van der Waals surface area contributed by atoms with Crippen LogP contribution in [0.3, 0.4) is 0 Å². The molecule has 25 heavy (non-hydrogen) atoms. The lowest BCUT2D eigenvalue weighted by molar-refractivity contribution is -0.912. The lowest BCUT2D eigenvalue weighted by Crippen LogP contribution is -2.49. The molecule has 9 heteroatoms. The van der Waals surface area contributed by atoms with Crippen molar-refractivity contribution in [2.45, 2.75) is 38.0 Å². The molecule has 7 nitrogen and oxygen atoms in total. The Labute approximate surface area is 158 Å². The molecule has 0 aliphatic rings. The van der Waals surface area contributed by atoms with Crippen molar-refractivity contribution in [3.8, 4) is 0 Å². The van der Waals surface area contributed by atoms with E-state index >= 15 is 0 Å². The molecule has 0 radical (unpaired) electrons. The van der Waals surface area contributed by atoms with Gasteiger partial charge in [-0.25, -0.2) is 9.58 Å². The van der Waals surface area contributed by atoms with Crippen molar-refractivity contribution in [3.05, 3.63) is 0 Å². The van der Waals surface area contributed by atoms with Crippen LogP contribution in [-0.2, 0) is 9.15 Å². The predicted molar refractivity (Wildman–Crippen MR) is 113 cm³/mol. The van der Waals surface area contributed by atoms with Gasteiger partial charge in [0.1, 0.15) is 0 Å². The van der Waals surface area contributed by atoms with Crippen LogP contribution in [0.4, 0.5) is 0 Å². The van der Waals surface area contributed by atoms with Crippen molar-refractivity contribution in [1.82, 2.24) is 9.91 Å². The zero-order chi connectivity index (χ0) is 19.3. The van der Waals surface area contributed by atoms with Crippen LogP contribution in [0.15, 0.2) is 9.98 Å². The minimum absolute atomic E-state index is 0.661. The molecule has 0 aromatic carbocycles. The van der Waals surface area contributed by atoms with Gasteiger partial charge in [0, 0.05) is 41.3 Å². The Hall–Kier alpha value is -0.586. The van der Waals surface area contributed by atoms with Gasteiger partial charge in [-0.15, -0.1) is 0 Å². The highest BCUT2D eigenvalue weighted by Gasteiger charge is 2.15. The second-order valence-electron chi connectivity index (χ2n) is 7.43. The smallest absolute Gasteiger partial charge is 0.219 e. The van der Waals surface area contributed by atoms with E-state index in [4.69, 9.17) is 9.15 Å². The van der Waals surface area contributed by atoms with Gasteiger partial charge in [-0.1, -0.05) is 0 Å². The molecule has 0 saturated carbocycles. The van der Waals surface area contributed by atoms with Crippen molar-refractivity contribution in [2.24, 2.45) is 9.98 Å². The number of rotatable bonds is 14. The standard InChI is InChI=1S/C16H40N5O2Si2/c1-19(2)15-17-11-9-13-24(7)22-23-25(8)14-10-12-18-16-21(5,6)20(3)4/h15-16,24-25H,9-14H2,1-8H3/q+1. The summed E-state index contributed by atoms with van der Waals surface area (Å²) in [6.07, 6.45) is 5.98. The molecule has 0 bridgehead atoms. The topological polar surface area (TPSA) is 49.7 Å². The molecule has 0 fully saturated rings. The highest BCUT2D eigenvalue weighted by Crippen LogP contribution is 2.05. The lowest BCUT2D eigenvalue weighted by atomic mass is 10.5. The van der Waals surface area contributed by atoms with Crippen LogP contribution in [0, 0.1) is 0 Å². The molecule has 0 heterocycles. The van der Waals surface area contributed by atoms with E-state index in [1.54, 1.807) is 0 Å². The molecule has 0 aromatic heterocycles. The van der Waals surface area contributed by atoms with E-state index in [1.807, 2.05) is 45.8 Å². The van der Waals surface area contributed by atoms with Crippen LogP contribution in [0.25, 0.3) is 0 Å². The van der Waals surface area contributed by atoms with Crippen LogP contribution >= 0.6 is 0 Å². The molecule has 0 N–H and O–H groups in total. The van der Waals surface area contributed by atoms with Gasteiger partial charge in [0.15, 0.2) is 0 Å². The van der Waals surface area contributed by atoms with Gasteiger partial charge in [0.2, 0.25) is 24.4 Å². The first kappa shape index (κ1) is 24.4. The third-order valence-corrected chi connectivity index (χ3v) is 7.43. The van der Waals surface area contributed by atoms with Crippen LogP contribution < -0.4 is 0 Å². The molecule has 148 valence electrons. The summed E-state index contributed by atoms with van der Waals surface area (Å²) in [4.78, 5) is 10.8. The van der Waals surface area contributed by atoms with E-state index in [2.05, 4.69) is 42.2 Å². The largest absolute Gasteiger partial charge is 0.369 e. The third kappa shape index (κ3) is 14.3. The van der Waals surface area contributed by atoms with Crippen molar-refractivity contribution in [1.29, 1.82) is 0 Å². The fraction of sp³-hybridized carbons (Fsp3) is 0.875. The van der Waals surface area contributed by atoms with Crippen molar-refractivity contribution in [3.63, 3.8) is 0 Å². The Morgan fingerprint density at radius 2 is 1.36 bits per heavy atom. The molecule has 0 aliphatic carbocycles. The van der Waals surface area contributed by atoms with Gasteiger partial charge in [-0.05, 0) is 38.0 Å². The van der Waals surface area contributed by atoms with Gasteiger partial charge in [-0.2, -0.15) is 5.01 Å². The molecule has 2 unspecified atom stereocenters. The van der Waals surface area contributed by atoms with Gasteiger partial charge >= 0.3 is 0 Å². The number of hydrogen-bond donors (Lipinski definition) is 0. The fourth-order valence-corrected chi connectivity index (χ4v) is 5.03. The maximum Gasteiger partial charge on any atom is 0.219 e. The average Bonchev–Trinajstić information content (AvgIpc) is 2.51. The first-order valence-corrected chi connectivity index (χ1v) is 14.0. The zero-order valence-corrected chi connectivity index (χ0v) is 19.9. The first-order valence-electron chi connectivity index (χ1n) is 9.16. The molecule has 0 amide bonds. The van der Waals surface area contributed by atoms with Gasteiger partial charge in [0.25, 0.3) is 0 Å². The second kappa shape index (κ2) is 13.6. The predicted octanol–water partition coefficient (Wildman–Crippen LogP) is 1.59. The summed E-state index contributed by atoms with van der Waals surface area (Å²) >= 11 is 0. The summed E-state index contributed by atoms with van der Waals surface area (Å²) in [6, 6.07) is 2.20. The molecule has 0 aliphatic heterocycles. The minimum Gasteiger partial charge on any atom is -0.369 e. The summed E-state index contributed by atoms with van der Waals surface area (Å²) in [5.41, 5.74) is 0. The molecule has 0 aromatic rings. The summed E-state index contributed by atoms with van der Waals surface area (Å²) in [7, 11) is 9.82. The minimum atomic E-state index is -1.24. The number of nitrogens with zero attached hydrogens (tertiary/aromatic N) is 5. The van der Waals surface area contributed by atoms with Gasteiger partial charge in [-0.3, -0.25) is 4.99 Å². The summed E-state index contributed by atoms with van der Waals surface area (Å²) in [5.74, 6) is 0. The molecular formula is C16H40N5O2Si2+. The third-order valence-electron chi connectivity index (χ3n) is 3.89. The first-order chi connectivity index (χ1) is 11.6. The van der Waals surface area contributed by atoms with E-state index in [9.17, 15) is 0 Å². The second-order valence-corrected chi connectivity index (χ2v) is 12.2. The highest BCUT2D eigenvalue weighted by atomic mass is 28.3. The normalized spacial score (nSPS) is 15.4. The molecule has 0 rings (SSSR count). The molecule has 0 spiro atoms. The Morgan fingerprint density at radius 3 is 1.80 bits per heavy atom. The number of quaternary nitrogens is 1. The van der Waals surface area contributed by atoms with Crippen molar-refractivity contribution < 1.29 is 13.7 Å². The van der Waals surface area contributed by atoms with E-state index in [0.717, 1.165) is 38.0 Å². The van der Waals surface area contributed by atoms with E-state index in [0.29, 0.717) is 4.59 Å². The lowest BCUT2D eigenvalue weighted by Gasteiger charge is -2.29. The van der Waals surface area contributed by atoms with E-state index < -0.39 is 18.1 Å². The SMILES string of the molecule is CN(C)C=NCCC[SiH](C)OO[SiH](C)CCCN=C[N+](C)(C)N(C)C. The Balaban J connectivity index is 3.72. The fourth-order valence-electron chi connectivity index (χ4n) is 1.81. The van der Waals surface area contributed by atoms with Crippen LogP contribution in [0.2, 0.25) is 25.2 Å². The summed E-state index contributed by atoms with van der Waals surface area (Å²) in [5, 5.41) is 2.11. The zero-order valence-electron chi connectivity index (χ0n) is 17.6.